The Morgan fingerprint density at radius 3 is 2.07 bits per heavy atom. The minimum atomic E-state index is -1.78. The molecule has 0 saturated heterocycles. The van der Waals surface area contributed by atoms with Crippen LogP contribution >= 0.6 is 0 Å². The van der Waals surface area contributed by atoms with Crippen LogP contribution in [-0.4, -0.2) is 4.57 Å². The highest BCUT2D eigenvalue weighted by atomic mass is 19.2. The summed E-state index contributed by atoms with van der Waals surface area (Å²) in [5.41, 5.74) is 0.103. The van der Waals surface area contributed by atoms with Gasteiger partial charge in [-0.15, -0.1) is 0 Å². The van der Waals surface area contributed by atoms with Gasteiger partial charge in [0.1, 0.15) is 0 Å². The molecule has 2 aromatic rings. The highest BCUT2D eigenvalue weighted by Gasteiger charge is 2.23. The lowest BCUT2D eigenvalue weighted by atomic mass is 10.1. The summed E-state index contributed by atoms with van der Waals surface area (Å²) in [5, 5.41) is -0.214. The maximum absolute atomic E-state index is 13.3. The third kappa shape index (κ3) is 1.15. The van der Waals surface area contributed by atoms with Crippen LogP contribution in [0.4, 0.5) is 17.6 Å². The van der Waals surface area contributed by atoms with Crippen molar-refractivity contribution in [1.29, 1.82) is 0 Å². The molecule has 5 heteroatoms. The first-order chi connectivity index (χ1) is 6.95. The Kier molecular flexibility index (Phi) is 1.99. The molecule has 1 aromatic carbocycles. The zero-order chi connectivity index (χ0) is 11.3. The van der Waals surface area contributed by atoms with E-state index in [9.17, 15) is 17.6 Å². The molecule has 0 aliphatic carbocycles. The third-order valence-corrected chi connectivity index (χ3v) is 2.38. The fourth-order valence-corrected chi connectivity index (χ4v) is 1.73. The first-order valence-electron chi connectivity index (χ1n) is 4.22. The van der Waals surface area contributed by atoms with Crippen molar-refractivity contribution >= 4 is 10.9 Å². The van der Waals surface area contributed by atoms with Crippen LogP contribution in [0.25, 0.3) is 10.9 Å². The zero-order valence-electron chi connectivity index (χ0n) is 8.04. The Morgan fingerprint density at radius 2 is 1.47 bits per heavy atom. The molecule has 0 aliphatic rings. The highest BCUT2D eigenvalue weighted by Crippen LogP contribution is 2.29. The van der Waals surface area contributed by atoms with Crippen molar-refractivity contribution in [2.24, 2.45) is 7.05 Å². The fraction of sp³-hybridized carbons (Fsp3) is 0.200. The molecule has 0 bridgehead atoms. The van der Waals surface area contributed by atoms with Gasteiger partial charge in [0.15, 0.2) is 23.3 Å². The van der Waals surface area contributed by atoms with Crippen LogP contribution in [0.2, 0.25) is 0 Å². The molecule has 15 heavy (non-hydrogen) atoms. The molecule has 0 amide bonds. The van der Waals surface area contributed by atoms with Crippen molar-refractivity contribution in [3.05, 3.63) is 35.0 Å². The van der Waals surface area contributed by atoms with E-state index >= 15 is 0 Å². The Morgan fingerprint density at radius 1 is 0.933 bits per heavy atom. The maximum atomic E-state index is 13.3. The van der Waals surface area contributed by atoms with Crippen LogP contribution in [0.5, 0.6) is 0 Å². The van der Waals surface area contributed by atoms with E-state index in [-0.39, 0.29) is 10.9 Å². The fourth-order valence-electron chi connectivity index (χ4n) is 1.73. The summed E-state index contributed by atoms with van der Waals surface area (Å²) in [6, 6.07) is 0. The van der Waals surface area contributed by atoms with Crippen molar-refractivity contribution < 1.29 is 17.6 Å². The SMILES string of the molecule is Cc1cn(C)c2c(F)c(F)c(F)c(F)c12. The number of halogens is 4. The zero-order valence-corrected chi connectivity index (χ0v) is 8.04. The lowest BCUT2D eigenvalue weighted by molar-refractivity contribution is 0.416. The smallest absolute Gasteiger partial charge is 0.199 e. The summed E-state index contributed by atoms with van der Waals surface area (Å²) in [4.78, 5) is 0. The summed E-state index contributed by atoms with van der Waals surface area (Å²) in [7, 11) is 1.44. The Balaban J connectivity index is 3.10. The summed E-state index contributed by atoms with van der Waals surface area (Å²) >= 11 is 0. The van der Waals surface area contributed by atoms with E-state index in [1.807, 2.05) is 0 Å². The minimum absolute atomic E-state index is 0.214. The summed E-state index contributed by atoms with van der Waals surface area (Å²) in [5.74, 6) is -6.25. The predicted molar refractivity (Wildman–Crippen MR) is 47.5 cm³/mol. The number of hydrogen-bond donors (Lipinski definition) is 0. The predicted octanol–water partition coefficient (Wildman–Crippen LogP) is 3.04. The van der Waals surface area contributed by atoms with E-state index in [1.165, 1.54) is 24.7 Å². The molecule has 80 valence electrons. The lowest BCUT2D eigenvalue weighted by Crippen LogP contribution is -1.99. The molecule has 1 heterocycles. The topological polar surface area (TPSA) is 4.93 Å². The molecular weight excluding hydrogens is 210 g/mol. The monoisotopic (exact) mass is 217 g/mol. The molecule has 0 atom stereocenters. The number of aromatic nitrogens is 1. The number of hydrogen-bond acceptors (Lipinski definition) is 0. The molecule has 1 nitrogen and oxygen atoms in total. The van der Waals surface area contributed by atoms with E-state index < -0.39 is 23.3 Å². The maximum Gasteiger partial charge on any atom is 0.199 e. The second kappa shape index (κ2) is 2.98. The Labute approximate surface area is 82.9 Å². The van der Waals surface area contributed by atoms with Crippen molar-refractivity contribution in [2.45, 2.75) is 6.92 Å². The van der Waals surface area contributed by atoms with E-state index in [2.05, 4.69) is 0 Å². The normalized spacial score (nSPS) is 11.3. The summed E-state index contributed by atoms with van der Waals surface area (Å²) < 4.78 is 53.7. The summed E-state index contributed by atoms with van der Waals surface area (Å²) in [6.07, 6.45) is 1.41. The molecule has 0 fully saturated rings. The number of rotatable bonds is 0. The quantitative estimate of drug-likeness (QED) is 0.363. The highest BCUT2D eigenvalue weighted by molar-refractivity contribution is 5.85. The minimum Gasteiger partial charge on any atom is -0.348 e. The second-order valence-electron chi connectivity index (χ2n) is 3.40. The van der Waals surface area contributed by atoms with Gasteiger partial charge in [-0.1, -0.05) is 0 Å². The Bertz CT molecular complexity index is 509. The van der Waals surface area contributed by atoms with Crippen LogP contribution < -0.4 is 0 Å². The number of fused-ring (bicyclic) bond motifs is 1. The van der Waals surface area contributed by atoms with Gasteiger partial charge in [-0.25, -0.2) is 17.6 Å². The molecule has 0 unspecified atom stereocenters. The number of benzene rings is 1. The van der Waals surface area contributed by atoms with E-state index in [4.69, 9.17) is 0 Å². The van der Waals surface area contributed by atoms with Crippen LogP contribution in [0.1, 0.15) is 5.56 Å². The average Bonchev–Trinajstić information content (AvgIpc) is 2.47. The molecule has 0 saturated carbocycles. The molecular formula is C10H7F4N. The van der Waals surface area contributed by atoms with E-state index in [0.717, 1.165) is 0 Å². The van der Waals surface area contributed by atoms with Gasteiger partial charge in [0, 0.05) is 18.6 Å². The van der Waals surface area contributed by atoms with Gasteiger partial charge in [-0.05, 0) is 12.5 Å². The third-order valence-electron chi connectivity index (χ3n) is 2.38. The van der Waals surface area contributed by atoms with Crippen molar-refractivity contribution in [3.8, 4) is 0 Å². The van der Waals surface area contributed by atoms with Crippen molar-refractivity contribution in [3.63, 3.8) is 0 Å². The van der Waals surface area contributed by atoms with Crippen LogP contribution in [0.15, 0.2) is 6.20 Å². The van der Waals surface area contributed by atoms with Gasteiger partial charge in [0.05, 0.1) is 5.52 Å². The average molecular weight is 217 g/mol. The van der Waals surface area contributed by atoms with Crippen LogP contribution in [0.3, 0.4) is 0 Å². The number of nitrogens with zero attached hydrogens (tertiary/aromatic N) is 1. The van der Waals surface area contributed by atoms with E-state index in [1.54, 1.807) is 0 Å². The first-order valence-corrected chi connectivity index (χ1v) is 4.22. The molecule has 1 aromatic heterocycles. The molecule has 0 N–H and O–H groups in total. The van der Waals surface area contributed by atoms with Gasteiger partial charge in [-0.3, -0.25) is 0 Å². The van der Waals surface area contributed by atoms with Gasteiger partial charge in [0.25, 0.3) is 0 Å². The van der Waals surface area contributed by atoms with Gasteiger partial charge < -0.3 is 4.57 Å². The Hall–Kier alpha value is -1.52. The van der Waals surface area contributed by atoms with Crippen LogP contribution in [0, 0.1) is 30.2 Å². The second-order valence-corrected chi connectivity index (χ2v) is 3.40. The number of aryl methyl sites for hydroxylation is 2. The van der Waals surface area contributed by atoms with Crippen LogP contribution in [-0.2, 0) is 7.05 Å². The largest absolute Gasteiger partial charge is 0.348 e. The molecule has 0 spiro atoms. The van der Waals surface area contributed by atoms with Gasteiger partial charge in [-0.2, -0.15) is 0 Å². The van der Waals surface area contributed by atoms with Gasteiger partial charge >= 0.3 is 0 Å². The summed E-state index contributed by atoms with van der Waals surface area (Å²) in [6.45, 7) is 1.50. The van der Waals surface area contributed by atoms with Crippen molar-refractivity contribution in [2.75, 3.05) is 0 Å². The van der Waals surface area contributed by atoms with Gasteiger partial charge in [0.2, 0.25) is 0 Å². The standard InChI is InChI=1S/C10H7F4N/c1-4-3-15(2)10-5(4)6(11)7(12)8(13)9(10)14/h3H,1-2H3. The first kappa shape index (κ1) is 10.0. The van der Waals surface area contributed by atoms with E-state index in [0.29, 0.717) is 5.56 Å². The molecule has 0 aliphatic heterocycles. The van der Waals surface area contributed by atoms with Crippen molar-refractivity contribution in [1.82, 2.24) is 4.57 Å². The molecule has 2 rings (SSSR count). The molecule has 0 radical (unpaired) electrons. The lowest BCUT2D eigenvalue weighted by Gasteiger charge is -2.02.